The second kappa shape index (κ2) is 5.00. The van der Waals surface area contributed by atoms with Gasteiger partial charge in [0.15, 0.2) is 5.13 Å². The van der Waals surface area contributed by atoms with Crippen LogP contribution in [-0.2, 0) is 0 Å². The summed E-state index contributed by atoms with van der Waals surface area (Å²) in [6, 6.07) is 11.6. The van der Waals surface area contributed by atoms with E-state index >= 15 is 0 Å². The summed E-state index contributed by atoms with van der Waals surface area (Å²) in [7, 11) is 0. The number of benzene rings is 2. The minimum Gasteiger partial charge on any atom is -0.331 e. The van der Waals surface area contributed by atoms with Crippen molar-refractivity contribution in [3.8, 4) is 0 Å². The van der Waals surface area contributed by atoms with Crippen molar-refractivity contribution >= 4 is 55.6 Å². The van der Waals surface area contributed by atoms with Gasteiger partial charge in [-0.2, -0.15) is 0 Å². The number of hydrogen-bond acceptors (Lipinski definition) is 3. The Kier molecular flexibility index (Phi) is 3.35. The molecule has 0 aliphatic carbocycles. The molecule has 1 heterocycles. The first kappa shape index (κ1) is 12.7. The highest BCUT2D eigenvalue weighted by atomic mass is 35.5. The molecule has 0 aliphatic rings. The summed E-state index contributed by atoms with van der Waals surface area (Å²) in [4.78, 5) is 4.59. The molecule has 0 amide bonds. The van der Waals surface area contributed by atoms with Crippen LogP contribution < -0.4 is 5.32 Å². The predicted octanol–water partition coefficient (Wildman–Crippen LogP) is 5.66. The van der Waals surface area contributed by atoms with Gasteiger partial charge in [-0.05, 0) is 36.8 Å². The Bertz CT molecular complexity index is 752. The highest BCUT2D eigenvalue weighted by Gasteiger charge is 2.06. The quantitative estimate of drug-likeness (QED) is 0.661. The summed E-state index contributed by atoms with van der Waals surface area (Å²) >= 11 is 13.5. The maximum atomic E-state index is 6.00. The molecule has 2 aromatic carbocycles. The highest BCUT2D eigenvalue weighted by Crippen LogP contribution is 2.31. The minimum absolute atomic E-state index is 0.531. The van der Waals surface area contributed by atoms with Gasteiger partial charge in [-0.3, -0.25) is 0 Å². The third kappa shape index (κ3) is 2.54. The monoisotopic (exact) mass is 308 g/mol. The van der Waals surface area contributed by atoms with E-state index in [4.69, 9.17) is 23.2 Å². The number of hydrogen-bond donors (Lipinski definition) is 1. The zero-order valence-corrected chi connectivity index (χ0v) is 12.4. The number of thiazole rings is 1. The summed E-state index contributed by atoms with van der Waals surface area (Å²) in [6.45, 7) is 2.06. The van der Waals surface area contributed by atoms with Crippen LogP contribution in [0.3, 0.4) is 0 Å². The molecule has 0 spiro atoms. The Morgan fingerprint density at radius 2 is 1.95 bits per heavy atom. The first-order valence-corrected chi connectivity index (χ1v) is 7.29. The Morgan fingerprint density at radius 3 is 2.68 bits per heavy atom. The van der Waals surface area contributed by atoms with Crippen LogP contribution in [0, 0.1) is 6.92 Å². The Labute approximate surface area is 125 Å². The van der Waals surface area contributed by atoms with E-state index in [-0.39, 0.29) is 0 Å². The molecule has 3 aromatic rings. The van der Waals surface area contributed by atoms with Crippen molar-refractivity contribution in [2.75, 3.05) is 5.32 Å². The van der Waals surface area contributed by atoms with Crippen LogP contribution >= 0.6 is 34.5 Å². The summed E-state index contributed by atoms with van der Waals surface area (Å²) in [6.07, 6.45) is 0. The van der Waals surface area contributed by atoms with Crippen LogP contribution in [0.15, 0.2) is 36.4 Å². The van der Waals surface area contributed by atoms with Gasteiger partial charge in [0.25, 0.3) is 0 Å². The van der Waals surface area contributed by atoms with Gasteiger partial charge in [-0.25, -0.2) is 4.98 Å². The molecule has 0 fully saturated rings. The van der Waals surface area contributed by atoms with E-state index in [9.17, 15) is 0 Å². The molecule has 0 unspecified atom stereocenters. The van der Waals surface area contributed by atoms with E-state index in [0.717, 1.165) is 16.3 Å². The van der Waals surface area contributed by atoms with Gasteiger partial charge in [0, 0.05) is 5.69 Å². The first-order chi connectivity index (χ1) is 9.13. The lowest BCUT2D eigenvalue weighted by Gasteiger charge is -2.03. The van der Waals surface area contributed by atoms with E-state index in [1.165, 1.54) is 10.3 Å². The number of aryl methyl sites for hydroxylation is 1. The van der Waals surface area contributed by atoms with Crippen LogP contribution in [0.2, 0.25) is 10.0 Å². The van der Waals surface area contributed by atoms with E-state index in [2.05, 4.69) is 29.4 Å². The average Bonchev–Trinajstić information content (AvgIpc) is 2.78. The number of anilines is 2. The second-order valence-electron chi connectivity index (χ2n) is 4.19. The molecule has 96 valence electrons. The normalized spacial score (nSPS) is 10.9. The first-order valence-electron chi connectivity index (χ1n) is 5.72. The van der Waals surface area contributed by atoms with Crippen LogP contribution in [0.25, 0.3) is 10.2 Å². The van der Waals surface area contributed by atoms with Gasteiger partial charge >= 0.3 is 0 Å². The SMILES string of the molecule is Cc1cccc2sc(Nc3ccc(Cl)c(Cl)c3)nc12. The number of rotatable bonds is 2. The largest absolute Gasteiger partial charge is 0.331 e. The number of para-hydroxylation sites is 1. The molecule has 0 aliphatic heterocycles. The zero-order chi connectivity index (χ0) is 13.4. The predicted molar refractivity (Wildman–Crippen MR) is 84.1 cm³/mol. The van der Waals surface area contributed by atoms with Gasteiger partial charge in [-0.1, -0.05) is 46.7 Å². The molecule has 0 saturated carbocycles. The van der Waals surface area contributed by atoms with Crippen molar-refractivity contribution in [3.63, 3.8) is 0 Å². The fourth-order valence-corrected chi connectivity index (χ4v) is 3.10. The second-order valence-corrected chi connectivity index (χ2v) is 6.04. The van der Waals surface area contributed by atoms with Crippen molar-refractivity contribution in [1.82, 2.24) is 4.98 Å². The average molecular weight is 309 g/mol. The Morgan fingerprint density at radius 1 is 1.11 bits per heavy atom. The van der Waals surface area contributed by atoms with E-state index < -0.39 is 0 Å². The molecule has 0 atom stereocenters. The van der Waals surface area contributed by atoms with Crippen molar-refractivity contribution in [1.29, 1.82) is 0 Å². The molecular weight excluding hydrogens is 299 g/mol. The third-order valence-corrected chi connectivity index (χ3v) is 4.47. The van der Waals surface area contributed by atoms with Crippen molar-refractivity contribution < 1.29 is 0 Å². The maximum absolute atomic E-state index is 6.00. The molecule has 0 saturated heterocycles. The summed E-state index contributed by atoms with van der Waals surface area (Å²) in [5.41, 5.74) is 3.09. The minimum atomic E-state index is 0.531. The lowest BCUT2D eigenvalue weighted by atomic mass is 10.2. The summed E-state index contributed by atoms with van der Waals surface area (Å²) in [5.74, 6) is 0. The number of aromatic nitrogens is 1. The van der Waals surface area contributed by atoms with E-state index in [0.29, 0.717) is 10.0 Å². The van der Waals surface area contributed by atoms with Crippen molar-refractivity contribution in [2.24, 2.45) is 0 Å². The summed E-state index contributed by atoms with van der Waals surface area (Å²) < 4.78 is 1.17. The number of halogens is 2. The van der Waals surface area contributed by atoms with Gasteiger partial charge in [0.1, 0.15) is 0 Å². The van der Waals surface area contributed by atoms with Gasteiger partial charge in [0.2, 0.25) is 0 Å². The molecule has 2 nitrogen and oxygen atoms in total. The van der Waals surface area contributed by atoms with Crippen LogP contribution in [-0.4, -0.2) is 4.98 Å². The molecule has 0 radical (unpaired) electrons. The molecule has 0 bridgehead atoms. The number of nitrogens with one attached hydrogen (secondary N) is 1. The molecular formula is C14H10Cl2N2S. The highest BCUT2D eigenvalue weighted by molar-refractivity contribution is 7.22. The lowest BCUT2D eigenvalue weighted by Crippen LogP contribution is -1.89. The molecule has 5 heteroatoms. The Balaban J connectivity index is 1.96. The maximum Gasteiger partial charge on any atom is 0.188 e. The number of fused-ring (bicyclic) bond motifs is 1. The summed E-state index contributed by atoms with van der Waals surface area (Å²) in [5, 5.41) is 5.18. The van der Waals surface area contributed by atoms with E-state index in [1.807, 2.05) is 12.1 Å². The molecule has 1 aromatic heterocycles. The Hall–Kier alpha value is -1.29. The third-order valence-electron chi connectivity index (χ3n) is 2.79. The molecule has 1 N–H and O–H groups in total. The molecule has 19 heavy (non-hydrogen) atoms. The lowest BCUT2D eigenvalue weighted by molar-refractivity contribution is 1.40. The van der Waals surface area contributed by atoms with Crippen LogP contribution in [0.5, 0.6) is 0 Å². The zero-order valence-electron chi connectivity index (χ0n) is 10.1. The van der Waals surface area contributed by atoms with Crippen molar-refractivity contribution in [3.05, 3.63) is 52.0 Å². The van der Waals surface area contributed by atoms with Crippen LogP contribution in [0.1, 0.15) is 5.56 Å². The van der Waals surface area contributed by atoms with Crippen molar-refractivity contribution in [2.45, 2.75) is 6.92 Å². The van der Waals surface area contributed by atoms with Crippen LogP contribution in [0.4, 0.5) is 10.8 Å². The van der Waals surface area contributed by atoms with E-state index in [1.54, 1.807) is 23.5 Å². The fourth-order valence-electron chi connectivity index (χ4n) is 1.84. The smallest absolute Gasteiger partial charge is 0.188 e. The standard InChI is InChI=1S/C14H10Cl2N2S/c1-8-3-2-4-12-13(8)18-14(19-12)17-9-5-6-10(15)11(16)7-9/h2-7H,1H3,(H,17,18). The number of nitrogens with zero attached hydrogens (tertiary/aromatic N) is 1. The fraction of sp³-hybridized carbons (Fsp3) is 0.0714. The van der Waals surface area contributed by atoms with Gasteiger partial charge in [-0.15, -0.1) is 0 Å². The molecule has 3 rings (SSSR count). The topological polar surface area (TPSA) is 24.9 Å². The van der Waals surface area contributed by atoms with Gasteiger partial charge in [0.05, 0.1) is 20.3 Å². The van der Waals surface area contributed by atoms with Gasteiger partial charge < -0.3 is 5.32 Å².